The van der Waals surface area contributed by atoms with Gasteiger partial charge in [-0.05, 0) is 0 Å². The van der Waals surface area contributed by atoms with Gasteiger partial charge in [0.2, 0.25) is 0 Å². The van der Waals surface area contributed by atoms with Gasteiger partial charge in [-0.2, -0.15) is 65.1 Å². The van der Waals surface area contributed by atoms with Crippen molar-refractivity contribution in [1.29, 1.82) is 0 Å². The third kappa shape index (κ3) is 2.89. The summed E-state index contributed by atoms with van der Waals surface area (Å²) in [6.07, 6.45) is -8.21. The van der Waals surface area contributed by atoms with Gasteiger partial charge in [-0.15, -0.1) is 0 Å². The van der Waals surface area contributed by atoms with Crippen molar-refractivity contribution in [3.05, 3.63) is 0 Å². The average Bonchev–Trinajstić information content (AvgIpc) is 2.32. The first-order valence-electron chi connectivity index (χ1n) is 4.96. The summed E-state index contributed by atoms with van der Waals surface area (Å²) in [5, 5.41) is -15.6. The topological polar surface area (TPSA) is 109 Å². The Labute approximate surface area is 134 Å². The SMILES string of the molecule is O=S(=O)(O)C(F)(F)C(F)(F)C(F)(C(F)(F)F)C(F)(F)C(F)(F)S(=O)(=O)O. The lowest BCUT2D eigenvalue weighted by atomic mass is 9.89. The predicted molar refractivity (Wildman–Crippen MR) is 52.8 cm³/mol. The highest BCUT2D eigenvalue weighted by Gasteiger charge is 2.96. The minimum absolute atomic E-state index is 7.75. The molecule has 20 heteroatoms. The van der Waals surface area contributed by atoms with E-state index >= 15 is 0 Å². The van der Waals surface area contributed by atoms with Gasteiger partial charge in [-0.3, -0.25) is 9.11 Å². The van der Waals surface area contributed by atoms with Crippen molar-refractivity contribution >= 4 is 20.2 Å². The van der Waals surface area contributed by atoms with E-state index in [0.717, 1.165) is 0 Å². The Morgan fingerprint density at radius 3 is 0.808 bits per heavy atom. The van der Waals surface area contributed by atoms with E-state index < -0.39 is 54.4 Å². The molecule has 0 unspecified atom stereocenters. The van der Waals surface area contributed by atoms with E-state index in [2.05, 4.69) is 0 Å². The van der Waals surface area contributed by atoms with Gasteiger partial charge < -0.3 is 0 Å². The number of hydrogen-bond donors (Lipinski definition) is 2. The van der Waals surface area contributed by atoms with Crippen LogP contribution in [0.25, 0.3) is 0 Å². The summed E-state index contributed by atoms with van der Waals surface area (Å²) in [7, 11) is -15.7. The highest BCUT2D eigenvalue weighted by atomic mass is 32.2. The van der Waals surface area contributed by atoms with Gasteiger partial charge in [0.05, 0.1) is 0 Å². The average molecular weight is 462 g/mol. The zero-order valence-corrected chi connectivity index (χ0v) is 12.5. The Bertz CT molecular complexity index is 709. The van der Waals surface area contributed by atoms with Crippen LogP contribution in [0.3, 0.4) is 0 Å². The van der Waals surface area contributed by atoms with Crippen molar-refractivity contribution in [1.82, 2.24) is 0 Å². The molecule has 0 aromatic carbocycles. The monoisotopic (exact) mass is 462 g/mol. The molecule has 0 aliphatic carbocycles. The second kappa shape index (κ2) is 5.74. The van der Waals surface area contributed by atoms with Crippen LogP contribution in [0.4, 0.5) is 52.7 Å². The van der Waals surface area contributed by atoms with E-state index in [4.69, 9.17) is 9.11 Å². The van der Waals surface area contributed by atoms with Gasteiger partial charge >= 0.3 is 54.4 Å². The lowest BCUT2D eigenvalue weighted by Crippen LogP contribution is -2.76. The summed E-state index contributed by atoms with van der Waals surface area (Å²) in [6, 6.07) is 0. The summed E-state index contributed by atoms with van der Waals surface area (Å²) in [6.45, 7) is 0. The van der Waals surface area contributed by atoms with Gasteiger partial charge in [-0.1, -0.05) is 0 Å². The molecule has 0 aliphatic heterocycles. The molecule has 0 amide bonds. The molecule has 0 bridgehead atoms. The zero-order valence-electron chi connectivity index (χ0n) is 10.9. The molecule has 0 heterocycles. The molecule has 0 aromatic heterocycles. The summed E-state index contributed by atoms with van der Waals surface area (Å²) >= 11 is 0. The van der Waals surface area contributed by atoms with E-state index in [1.165, 1.54) is 0 Å². The van der Waals surface area contributed by atoms with Crippen LogP contribution >= 0.6 is 0 Å². The molecule has 0 radical (unpaired) electrons. The third-order valence-electron chi connectivity index (χ3n) is 2.63. The Balaban J connectivity index is 7.31. The van der Waals surface area contributed by atoms with Crippen LogP contribution in [0.5, 0.6) is 0 Å². The fourth-order valence-electron chi connectivity index (χ4n) is 1.28. The highest BCUT2D eigenvalue weighted by molar-refractivity contribution is 7.87. The van der Waals surface area contributed by atoms with Crippen molar-refractivity contribution in [2.45, 2.75) is 34.2 Å². The van der Waals surface area contributed by atoms with E-state index in [0.29, 0.717) is 0 Å². The maximum atomic E-state index is 13.6. The first-order chi connectivity index (χ1) is 10.8. The van der Waals surface area contributed by atoms with Gasteiger partial charge in [0, 0.05) is 0 Å². The maximum Gasteiger partial charge on any atom is 0.435 e. The number of rotatable bonds is 6. The lowest BCUT2D eigenvalue weighted by molar-refractivity contribution is -0.410. The van der Waals surface area contributed by atoms with Gasteiger partial charge in [-0.25, -0.2) is 4.39 Å². The summed E-state index contributed by atoms with van der Waals surface area (Å²) in [4.78, 5) is 0. The molecule has 158 valence electrons. The van der Waals surface area contributed by atoms with E-state index in [9.17, 15) is 69.5 Å². The fraction of sp³-hybridized carbons (Fsp3) is 1.00. The van der Waals surface area contributed by atoms with E-state index in [-0.39, 0.29) is 0 Å². The van der Waals surface area contributed by atoms with Crippen LogP contribution in [-0.2, 0) is 20.2 Å². The van der Waals surface area contributed by atoms with Crippen LogP contribution in [0, 0.1) is 0 Å². The Morgan fingerprint density at radius 1 is 0.500 bits per heavy atom. The standard InChI is InChI=1S/C6H2F12O6S2/c7-1(4(12,13)14,2(8,9)5(15,16)25(19,20)21)3(10,11)6(17,18)26(22,23)24/h(H,19,20,21)(H,22,23,24). The third-order valence-corrected chi connectivity index (χ3v) is 4.44. The molecule has 0 spiro atoms. The van der Waals surface area contributed by atoms with Crippen LogP contribution in [0.2, 0.25) is 0 Å². The van der Waals surface area contributed by atoms with Crippen molar-refractivity contribution in [2.24, 2.45) is 0 Å². The van der Waals surface area contributed by atoms with Crippen molar-refractivity contribution in [3.63, 3.8) is 0 Å². The van der Waals surface area contributed by atoms with Gasteiger partial charge in [0.25, 0.3) is 0 Å². The van der Waals surface area contributed by atoms with Gasteiger partial charge in [0.15, 0.2) is 0 Å². The summed E-state index contributed by atoms with van der Waals surface area (Å²) < 4.78 is 210. The van der Waals surface area contributed by atoms with Crippen LogP contribution in [-0.4, -0.2) is 60.1 Å². The maximum absolute atomic E-state index is 13.6. The van der Waals surface area contributed by atoms with Crippen LogP contribution < -0.4 is 0 Å². The molecular weight excluding hydrogens is 460 g/mol. The second-order valence-electron chi connectivity index (χ2n) is 4.29. The largest absolute Gasteiger partial charge is 0.435 e. The Hall–Kier alpha value is -1.02. The molecule has 0 aliphatic rings. The zero-order chi connectivity index (χ0) is 22.0. The number of hydrogen-bond acceptors (Lipinski definition) is 4. The minimum atomic E-state index is -8.63. The Morgan fingerprint density at radius 2 is 0.692 bits per heavy atom. The second-order valence-corrected chi connectivity index (χ2v) is 7.21. The first kappa shape index (κ1) is 25.0. The highest BCUT2D eigenvalue weighted by Crippen LogP contribution is 2.63. The molecule has 0 rings (SSSR count). The minimum Gasteiger partial charge on any atom is -0.281 e. The fourth-order valence-corrected chi connectivity index (χ4v) is 2.21. The van der Waals surface area contributed by atoms with Crippen molar-refractivity contribution in [2.75, 3.05) is 0 Å². The molecule has 0 atom stereocenters. The summed E-state index contributed by atoms with van der Waals surface area (Å²) in [5.74, 6) is -16.9. The van der Waals surface area contributed by atoms with Crippen LogP contribution in [0.1, 0.15) is 0 Å². The Kier molecular flexibility index (Phi) is 5.51. The first-order valence-corrected chi connectivity index (χ1v) is 7.84. The predicted octanol–water partition coefficient (Wildman–Crippen LogP) is 2.49. The molecule has 26 heavy (non-hydrogen) atoms. The van der Waals surface area contributed by atoms with E-state index in [1.54, 1.807) is 0 Å². The molecule has 0 fully saturated rings. The number of alkyl halides is 12. The lowest BCUT2D eigenvalue weighted by Gasteiger charge is -2.42. The molecule has 6 nitrogen and oxygen atoms in total. The number of halogens is 12. The normalized spacial score (nSPS) is 16.7. The van der Waals surface area contributed by atoms with Gasteiger partial charge in [0.1, 0.15) is 0 Å². The smallest absolute Gasteiger partial charge is 0.281 e. The molecular formula is C6H2F12O6S2. The molecule has 0 saturated carbocycles. The summed E-state index contributed by atoms with van der Waals surface area (Å²) in [5.41, 5.74) is -8.63. The molecule has 2 N–H and O–H groups in total. The van der Waals surface area contributed by atoms with E-state index in [1.807, 2.05) is 0 Å². The molecule has 0 aromatic rings. The van der Waals surface area contributed by atoms with Crippen molar-refractivity contribution < 1.29 is 78.6 Å². The van der Waals surface area contributed by atoms with Crippen molar-refractivity contribution in [3.8, 4) is 0 Å². The molecule has 0 saturated heterocycles. The van der Waals surface area contributed by atoms with Crippen LogP contribution in [0.15, 0.2) is 0 Å². The quantitative estimate of drug-likeness (QED) is 0.464.